The molecular formula is C13H24O3Si. The van der Waals surface area contributed by atoms with E-state index in [0.717, 1.165) is 12.8 Å². The molecule has 1 aliphatic rings. The summed E-state index contributed by atoms with van der Waals surface area (Å²) in [5.41, 5.74) is 0. The highest BCUT2D eigenvalue weighted by Gasteiger charge is 2.37. The van der Waals surface area contributed by atoms with Gasteiger partial charge in [0.2, 0.25) is 0 Å². The quantitative estimate of drug-likeness (QED) is 0.572. The summed E-state index contributed by atoms with van der Waals surface area (Å²) in [6.45, 7) is 11.8. The van der Waals surface area contributed by atoms with Gasteiger partial charge in [-0.3, -0.25) is 0 Å². The fourth-order valence-corrected chi connectivity index (χ4v) is 2.47. The molecule has 0 aromatic rings. The highest BCUT2D eigenvalue weighted by atomic mass is 28.4. The zero-order chi connectivity index (χ0) is 13.1. The van der Waals surface area contributed by atoms with E-state index in [9.17, 15) is 4.79 Å². The molecule has 0 radical (unpaired) electrons. The Bertz CT molecular complexity index is 302. The van der Waals surface area contributed by atoms with Gasteiger partial charge in [-0.2, -0.15) is 0 Å². The van der Waals surface area contributed by atoms with E-state index in [1.54, 1.807) is 0 Å². The van der Waals surface area contributed by atoms with E-state index in [0.29, 0.717) is 6.61 Å². The molecule has 0 aliphatic carbocycles. The predicted molar refractivity (Wildman–Crippen MR) is 71.4 cm³/mol. The van der Waals surface area contributed by atoms with Crippen LogP contribution in [0.15, 0.2) is 12.2 Å². The maximum atomic E-state index is 11.1. The minimum absolute atomic E-state index is 0.00253. The van der Waals surface area contributed by atoms with Crippen molar-refractivity contribution in [3.63, 3.8) is 0 Å². The van der Waals surface area contributed by atoms with Crippen molar-refractivity contribution in [1.29, 1.82) is 0 Å². The van der Waals surface area contributed by atoms with Crippen LogP contribution in [0.2, 0.25) is 18.1 Å². The second kappa shape index (κ2) is 5.36. The van der Waals surface area contributed by atoms with Gasteiger partial charge in [0.15, 0.2) is 8.32 Å². The average molecular weight is 256 g/mol. The molecule has 0 aromatic heterocycles. The highest BCUT2D eigenvalue weighted by Crippen LogP contribution is 2.36. The van der Waals surface area contributed by atoms with Crippen molar-refractivity contribution in [3.8, 4) is 0 Å². The van der Waals surface area contributed by atoms with Gasteiger partial charge in [-0.05, 0) is 18.1 Å². The number of esters is 1. The van der Waals surface area contributed by atoms with Gasteiger partial charge in [0.25, 0.3) is 0 Å². The molecule has 0 amide bonds. The molecule has 0 spiro atoms. The Balaban J connectivity index is 2.33. The van der Waals surface area contributed by atoms with Crippen LogP contribution in [0.1, 0.15) is 33.6 Å². The zero-order valence-corrected chi connectivity index (χ0v) is 12.6. The number of rotatable bonds is 4. The second-order valence-corrected chi connectivity index (χ2v) is 10.9. The third-order valence-corrected chi connectivity index (χ3v) is 8.18. The molecule has 1 heterocycles. The minimum atomic E-state index is -1.66. The Labute approximate surface area is 105 Å². The monoisotopic (exact) mass is 256 g/mol. The Morgan fingerprint density at radius 2 is 2.12 bits per heavy atom. The standard InChI is InChI=1S/C13H24O3Si/c1-13(2,3)17(4,5)15-10-9-11-7-6-8-12(14)16-11/h6,8,11H,7,9-10H2,1-5H3/t11-/m1/s1. The van der Waals surface area contributed by atoms with Crippen LogP contribution in [0, 0.1) is 0 Å². The Kier molecular flexibility index (Phi) is 4.55. The average Bonchev–Trinajstić information content (AvgIpc) is 2.15. The van der Waals surface area contributed by atoms with Gasteiger partial charge in [0, 0.05) is 25.5 Å². The molecule has 98 valence electrons. The first-order valence-electron chi connectivity index (χ1n) is 6.23. The molecule has 0 unspecified atom stereocenters. The van der Waals surface area contributed by atoms with Crippen molar-refractivity contribution in [3.05, 3.63) is 12.2 Å². The smallest absolute Gasteiger partial charge is 0.330 e. The molecule has 0 fully saturated rings. The predicted octanol–water partition coefficient (Wildman–Crippen LogP) is 3.27. The van der Waals surface area contributed by atoms with E-state index in [4.69, 9.17) is 9.16 Å². The molecule has 1 aliphatic heterocycles. The summed E-state index contributed by atoms with van der Waals surface area (Å²) in [7, 11) is -1.66. The summed E-state index contributed by atoms with van der Waals surface area (Å²) < 4.78 is 11.3. The SMILES string of the molecule is CC(C)(C)[Si](C)(C)OCC[C@H]1CC=CC(=O)O1. The summed E-state index contributed by atoms with van der Waals surface area (Å²) in [6, 6.07) is 0. The van der Waals surface area contributed by atoms with E-state index >= 15 is 0 Å². The van der Waals surface area contributed by atoms with Crippen molar-refractivity contribution in [2.24, 2.45) is 0 Å². The van der Waals surface area contributed by atoms with Crippen LogP contribution in [0.25, 0.3) is 0 Å². The Hall–Kier alpha value is -0.613. The number of ether oxygens (including phenoxy) is 1. The third kappa shape index (κ3) is 4.28. The van der Waals surface area contributed by atoms with Gasteiger partial charge in [-0.15, -0.1) is 0 Å². The number of hydrogen-bond acceptors (Lipinski definition) is 3. The molecule has 0 saturated carbocycles. The van der Waals surface area contributed by atoms with Crippen molar-refractivity contribution < 1.29 is 14.0 Å². The van der Waals surface area contributed by atoms with Crippen LogP contribution in [-0.4, -0.2) is 27.0 Å². The van der Waals surface area contributed by atoms with Crippen LogP contribution < -0.4 is 0 Å². The van der Waals surface area contributed by atoms with E-state index in [2.05, 4.69) is 33.9 Å². The fourth-order valence-electron chi connectivity index (χ4n) is 1.41. The first-order chi connectivity index (χ1) is 7.72. The number of hydrogen-bond donors (Lipinski definition) is 0. The topological polar surface area (TPSA) is 35.5 Å². The summed E-state index contributed by atoms with van der Waals surface area (Å²) in [4.78, 5) is 11.1. The first-order valence-corrected chi connectivity index (χ1v) is 9.14. The Morgan fingerprint density at radius 1 is 1.47 bits per heavy atom. The van der Waals surface area contributed by atoms with Gasteiger partial charge in [-0.1, -0.05) is 26.8 Å². The molecule has 0 bridgehead atoms. The number of cyclic esters (lactones) is 1. The van der Waals surface area contributed by atoms with Crippen LogP contribution in [-0.2, 0) is 14.0 Å². The van der Waals surface area contributed by atoms with Crippen LogP contribution in [0.4, 0.5) is 0 Å². The van der Waals surface area contributed by atoms with Gasteiger partial charge < -0.3 is 9.16 Å². The number of carbonyl (C=O) groups is 1. The molecule has 0 saturated heterocycles. The van der Waals surface area contributed by atoms with Gasteiger partial charge >= 0.3 is 5.97 Å². The molecule has 3 nitrogen and oxygen atoms in total. The lowest BCUT2D eigenvalue weighted by molar-refractivity contribution is -0.144. The van der Waals surface area contributed by atoms with E-state index in [1.807, 2.05) is 6.08 Å². The summed E-state index contributed by atoms with van der Waals surface area (Å²) in [5, 5.41) is 0.232. The maximum Gasteiger partial charge on any atom is 0.330 e. The van der Waals surface area contributed by atoms with Crippen molar-refractivity contribution in [2.45, 2.75) is 57.8 Å². The van der Waals surface area contributed by atoms with Crippen molar-refractivity contribution >= 4 is 14.3 Å². The van der Waals surface area contributed by atoms with Crippen molar-refractivity contribution in [2.75, 3.05) is 6.61 Å². The van der Waals surface area contributed by atoms with Crippen LogP contribution in [0.5, 0.6) is 0 Å². The van der Waals surface area contributed by atoms with Crippen LogP contribution >= 0.6 is 0 Å². The fraction of sp³-hybridized carbons (Fsp3) is 0.769. The van der Waals surface area contributed by atoms with E-state index < -0.39 is 8.32 Å². The molecule has 4 heteroatoms. The molecule has 17 heavy (non-hydrogen) atoms. The molecule has 0 N–H and O–H groups in total. The van der Waals surface area contributed by atoms with Crippen LogP contribution in [0.3, 0.4) is 0 Å². The van der Waals surface area contributed by atoms with Crippen molar-refractivity contribution in [1.82, 2.24) is 0 Å². The first kappa shape index (κ1) is 14.4. The Morgan fingerprint density at radius 3 is 2.65 bits per heavy atom. The lowest BCUT2D eigenvalue weighted by Crippen LogP contribution is -2.41. The second-order valence-electron chi connectivity index (χ2n) is 6.09. The summed E-state index contributed by atoms with van der Waals surface area (Å²) in [6.07, 6.45) is 4.97. The summed E-state index contributed by atoms with van der Waals surface area (Å²) >= 11 is 0. The van der Waals surface area contributed by atoms with E-state index in [1.165, 1.54) is 6.08 Å². The lowest BCUT2D eigenvalue weighted by Gasteiger charge is -2.36. The zero-order valence-electron chi connectivity index (χ0n) is 11.6. The maximum absolute atomic E-state index is 11.1. The summed E-state index contributed by atoms with van der Waals surface area (Å²) in [5.74, 6) is -0.228. The third-order valence-electron chi connectivity index (χ3n) is 3.64. The minimum Gasteiger partial charge on any atom is -0.459 e. The van der Waals surface area contributed by atoms with Gasteiger partial charge in [-0.25, -0.2) is 4.79 Å². The molecule has 0 aromatic carbocycles. The normalized spacial score (nSPS) is 21.5. The molecule has 1 atom stereocenters. The number of carbonyl (C=O) groups excluding carboxylic acids is 1. The highest BCUT2D eigenvalue weighted by molar-refractivity contribution is 6.74. The molecular weight excluding hydrogens is 232 g/mol. The van der Waals surface area contributed by atoms with Gasteiger partial charge in [0.1, 0.15) is 6.10 Å². The molecule has 1 rings (SSSR count). The lowest BCUT2D eigenvalue weighted by atomic mass is 10.1. The van der Waals surface area contributed by atoms with Gasteiger partial charge in [0.05, 0.1) is 0 Å². The largest absolute Gasteiger partial charge is 0.459 e. The van der Waals surface area contributed by atoms with E-state index in [-0.39, 0.29) is 17.1 Å².